The van der Waals surface area contributed by atoms with Crippen LogP contribution in [-0.4, -0.2) is 38.2 Å². The molecule has 3 heterocycles. The van der Waals surface area contributed by atoms with E-state index in [1.165, 1.54) is 12.1 Å². The predicted octanol–water partition coefficient (Wildman–Crippen LogP) is 2.55. The summed E-state index contributed by atoms with van der Waals surface area (Å²) in [5.41, 5.74) is 7.43. The van der Waals surface area contributed by atoms with Crippen molar-refractivity contribution in [3.05, 3.63) is 45.8 Å². The number of fused-ring (bicyclic) bond motifs is 1. The van der Waals surface area contributed by atoms with Gasteiger partial charge in [0.2, 0.25) is 5.95 Å². The van der Waals surface area contributed by atoms with Crippen LogP contribution < -0.4 is 16.7 Å². The summed E-state index contributed by atoms with van der Waals surface area (Å²) in [6.45, 7) is 3.35. The van der Waals surface area contributed by atoms with Crippen molar-refractivity contribution in [2.24, 2.45) is 18.2 Å². The molecular formula is C22H25FN6O3. The normalized spacial score (nSPS) is 18.1. The molecule has 0 radical (unpaired) electrons. The third-order valence-electron chi connectivity index (χ3n) is 6.86. The second-order valence-electron chi connectivity index (χ2n) is 8.97. The van der Waals surface area contributed by atoms with E-state index in [0.717, 1.165) is 38.9 Å². The number of nitrogens with one attached hydrogen (secondary N) is 1. The van der Waals surface area contributed by atoms with Gasteiger partial charge in [-0.2, -0.15) is 4.98 Å². The van der Waals surface area contributed by atoms with Crippen molar-refractivity contribution in [3.63, 3.8) is 0 Å². The van der Waals surface area contributed by atoms with Gasteiger partial charge in [-0.25, -0.2) is 14.2 Å². The van der Waals surface area contributed by atoms with Crippen molar-refractivity contribution in [2.45, 2.75) is 38.6 Å². The zero-order valence-electron chi connectivity index (χ0n) is 18.0. The minimum atomic E-state index is -0.828. The summed E-state index contributed by atoms with van der Waals surface area (Å²) >= 11 is 0. The lowest BCUT2D eigenvalue weighted by atomic mass is 9.71. The van der Waals surface area contributed by atoms with Gasteiger partial charge in [-0.1, -0.05) is 0 Å². The number of aromatic nitrogens is 4. The van der Waals surface area contributed by atoms with E-state index in [1.54, 1.807) is 29.3 Å². The van der Waals surface area contributed by atoms with Crippen LogP contribution in [-0.2, 0) is 11.8 Å². The topological polar surface area (TPSA) is 117 Å². The lowest BCUT2D eigenvalue weighted by molar-refractivity contribution is -0.135. The highest BCUT2D eigenvalue weighted by Crippen LogP contribution is 2.45. The Bertz CT molecular complexity index is 1280. The molecular weight excluding hydrogens is 415 g/mol. The average molecular weight is 440 g/mol. The van der Waals surface area contributed by atoms with Gasteiger partial charge in [0.05, 0.1) is 25.0 Å². The molecule has 2 aromatic heterocycles. The zero-order chi connectivity index (χ0) is 22.6. The standard InChI is InChI=1S/C22H25FN6O3/c1-12-7-14(18(24)30)15(23)8-16(12)26-20-25-9-17-19(27-20)29(21(31)28(17)2)13-3-5-22(6-4-13)10-32-11-22/h7-9,13H,3-6,10-11H2,1-2H3,(H2,24,30)(H,25,26,27). The summed E-state index contributed by atoms with van der Waals surface area (Å²) in [6.07, 6.45) is 5.45. The molecule has 3 N–H and O–H groups in total. The molecule has 2 fully saturated rings. The van der Waals surface area contributed by atoms with Crippen molar-refractivity contribution < 1.29 is 13.9 Å². The first-order valence-corrected chi connectivity index (χ1v) is 10.7. The van der Waals surface area contributed by atoms with E-state index in [9.17, 15) is 14.0 Å². The number of benzene rings is 1. The van der Waals surface area contributed by atoms with E-state index in [-0.39, 0.29) is 28.7 Å². The number of nitrogens with zero attached hydrogens (tertiary/aromatic N) is 4. The number of hydrogen-bond donors (Lipinski definition) is 2. The maximum absolute atomic E-state index is 14.3. The Kier molecular flexibility index (Phi) is 4.77. The Morgan fingerprint density at radius 1 is 1.31 bits per heavy atom. The molecule has 1 aromatic carbocycles. The summed E-state index contributed by atoms with van der Waals surface area (Å²) in [5.74, 6) is -1.31. The summed E-state index contributed by atoms with van der Waals surface area (Å²) in [7, 11) is 1.71. The molecule has 168 valence electrons. The summed E-state index contributed by atoms with van der Waals surface area (Å²) in [5, 5.41) is 3.01. The minimum Gasteiger partial charge on any atom is -0.380 e. The van der Waals surface area contributed by atoms with Crippen LogP contribution in [0.5, 0.6) is 0 Å². The number of rotatable bonds is 4. The quantitative estimate of drug-likeness (QED) is 0.644. The van der Waals surface area contributed by atoms with Gasteiger partial charge in [0.15, 0.2) is 5.65 Å². The van der Waals surface area contributed by atoms with Gasteiger partial charge in [-0.05, 0) is 50.3 Å². The highest BCUT2D eigenvalue weighted by Gasteiger charge is 2.42. The lowest BCUT2D eigenvalue weighted by Crippen LogP contribution is -2.46. The molecule has 0 unspecified atom stereocenters. The van der Waals surface area contributed by atoms with Crippen LogP contribution in [0.2, 0.25) is 0 Å². The van der Waals surface area contributed by atoms with Crippen LogP contribution in [0, 0.1) is 18.2 Å². The van der Waals surface area contributed by atoms with Crippen molar-refractivity contribution in [3.8, 4) is 0 Å². The first kappa shape index (κ1) is 20.6. The van der Waals surface area contributed by atoms with Gasteiger partial charge >= 0.3 is 5.69 Å². The first-order valence-electron chi connectivity index (χ1n) is 10.7. The fraction of sp³-hybridized carbons (Fsp3) is 0.455. The predicted molar refractivity (Wildman–Crippen MR) is 116 cm³/mol. The largest absolute Gasteiger partial charge is 0.380 e. The number of imidazole rings is 1. The van der Waals surface area contributed by atoms with Crippen molar-refractivity contribution in [2.75, 3.05) is 18.5 Å². The fourth-order valence-electron chi connectivity index (χ4n) is 4.80. The fourth-order valence-corrected chi connectivity index (χ4v) is 4.80. The number of carbonyl (C=O) groups is 1. The maximum Gasteiger partial charge on any atom is 0.330 e. The molecule has 1 saturated heterocycles. The number of ether oxygens (including phenoxy) is 1. The zero-order valence-corrected chi connectivity index (χ0v) is 18.0. The molecule has 0 atom stereocenters. The average Bonchev–Trinajstić information content (AvgIpc) is 2.99. The van der Waals surface area contributed by atoms with E-state index in [4.69, 9.17) is 10.5 Å². The van der Waals surface area contributed by atoms with Crippen LogP contribution in [0.25, 0.3) is 11.2 Å². The molecule has 3 aromatic rings. The molecule has 9 nitrogen and oxygen atoms in total. The van der Waals surface area contributed by atoms with Crippen LogP contribution in [0.3, 0.4) is 0 Å². The Balaban J connectivity index is 1.49. The van der Waals surface area contributed by atoms with E-state index in [1.807, 2.05) is 0 Å². The Hall–Kier alpha value is -3.27. The molecule has 1 aliphatic heterocycles. The van der Waals surface area contributed by atoms with E-state index in [0.29, 0.717) is 22.4 Å². The Morgan fingerprint density at radius 2 is 2.03 bits per heavy atom. The number of hydrogen-bond acceptors (Lipinski definition) is 6. The molecule has 10 heteroatoms. The number of nitrogens with two attached hydrogens (primary N) is 1. The second kappa shape index (κ2) is 7.40. The number of aryl methyl sites for hydroxylation is 2. The molecule has 2 aliphatic rings. The molecule has 32 heavy (non-hydrogen) atoms. The van der Waals surface area contributed by atoms with Crippen LogP contribution in [0.1, 0.15) is 47.6 Å². The molecule has 5 rings (SSSR count). The van der Waals surface area contributed by atoms with Gasteiger partial charge < -0.3 is 15.8 Å². The van der Waals surface area contributed by atoms with E-state index in [2.05, 4.69) is 15.3 Å². The molecule has 1 aliphatic carbocycles. The molecule has 1 saturated carbocycles. The van der Waals surface area contributed by atoms with Crippen LogP contribution in [0.15, 0.2) is 23.1 Å². The third-order valence-corrected chi connectivity index (χ3v) is 6.86. The second-order valence-corrected chi connectivity index (χ2v) is 8.97. The number of primary amides is 1. The van der Waals surface area contributed by atoms with Gasteiger partial charge in [0.1, 0.15) is 11.3 Å². The number of carbonyl (C=O) groups excluding carboxylic acids is 1. The number of halogens is 1. The third kappa shape index (κ3) is 3.26. The van der Waals surface area contributed by atoms with Crippen LogP contribution >= 0.6 is 0 Å². The minimum absolute atomic E-state index is 0.0641. The Morgan fingerprint density at radius 3 is 2.66 bits per heavy atom. The number of amides is 1. The summed E-state index contributed by atoms with van der Waals surface area (Å²) in [4.78, 5) is 33.3. The smallest absolute Gasteiger partial charge is 0.330 e. The highest BCUT2D eigenvalue weighted by atomic mass is 19.1. The van der Waals surface area contributed by atoms with Crippen molar-refractivity contribution >= 4 is 28.7 Å². The Labute approximate surface area is 183 Å². The summed E-state index contributed by atoms with van der Waals surface area (Å²) in [6, 6.07) is 2.65. The molecule has 1 amide bonds. The van der Waals surface area contributed by atoms with Gasteiger partial charge in [0, 0.05) is 24.2 Å². The van der Waals surface area contributed by atoms with E-state index >= 15 is 0 Å². The molecule has 0 bridgehead atoms. The number of anilines is 2. The van der Waals surface area contributed by atoms with E-state index < -0.39 is 11.7 Å². The van der Waals surface area contributed by atoms with Crippen molar-refractivity contribution in [1.82, 2.24) is 19.1 Å². The van der Waals surface area contributed by atoms with Gasteiger partial charge in [0.25, 0.3) is 5.91 Å². The van der Waals surface area contributed by atoms with Crippen molar-refractivity contribution in [1.29, 1.82) is 0 Å². The maximum atomic E-state index is 14.3. The van der Waals surface area contributed by atoms with Gasteiger partial charge in [-0.3, -0.25) is 13.9 Å². The molecule has 1 spiro atoms. The first-order chi connectivity index (χ1) is 15.3. The monoisotopic (exact) mass is 440 g/mol. The lowest BCUT2D eigenvalue weighted by Gasteiger charge is -2.46. The SMILES string of the molecule is Cc1cc(C(N)=O)c(F)cc1Nc1ncc2c(n1)n(C1CCC3(CC1)COC3)c(=O)n2C. The van der Waals surface area contributed by atoms with Gasteiger partial charge in [-0.15, -0.1) is 0 Å². The highest BCUT2D eigenvalue weighted by molar-refractivity contribution is 5.94. The van der Waals surface area contributed by atoms with Crippen LogP contribution in [0.4, 0.5) is 16.0 Å². The summed E-state index contributed by atoms with van der Waals surface area (Å²) < 4.78 is 23.0.